The molecule has 6 nitrogen and oxygen atoms in total. The highest BCUT2D eigenvalue weighted by Crippen LogP contribution is 2.34. The Morgan fingerprint density at radius 3 is 2.78 bits per heavy atom. The summed E-state index contributed by atoms with van der Waals surface area (Å²) in [4.78, 5) is 21.7. The van der Waals surface area contributed by atoms with Crippen molar-refractivity contribution in [3.8, 4) is 0 Å². The lowest BCUT2D eigenvalue weighted by molar-refractivity contribution is -0.419. The summed E-state index contributed by atoms with van der Waals surface area (Å²) in [6.07, 6.45) is 5.43. The first-order valence-electron chi connectivity index (χ1n) is 5.67. The number of nitrogens with zero attached hydrogens (tertiary/aromatic N) is 1. The summed E-state index contributed by atoms with van der Waals surface area (Å²) in [5.74, 6) is -0.428. The van der Waals surface area contributed by atoms with Gasteiger partial charge in [-0.2, -0.15) is 0 Å². The van der Waals surface area contributed by atoms with Gasteiger partial charge in [0, 0.05) is 11.8 Å². The van der Waals surface area contributed by atoms with Crippen molar-refractivity contribution in [1.82, 2.24) is 5.32 Å². The molecular weight excluding hydrogens is 234 g/mol. The molecule has 0 aromatic rings. The molecule has 0 bridgehead atoms. The number of carbonyl (C=O) groups excluding carboxylic acids is 1. The van der Waals surface area contributed by atoms with Crippen LogP contribution in [0.1, 0.15) is 20.3 Å². The third-order valence-electron chi connectivity index (χ3n) is 3.42. The van der Waals surface area contributed by atoms with Crippen molar-refractivity contribution in [3.63, 3.8) is 0 Å². The predicted octanol–water partition coefficient (Wildman–Crippen LogP) is 0.844. The Morgan fingerprint density at radius 1 is 1.56 bits per heavy atom. The number of nitrogens with two attached hydrogens (primary N) is 1. The lowest BCUT2D eigenvalue weighted by atomic mass is 9.88. The van der Waals surface area contributed by atoms with Crippen LogP contribution in [0.25, 0.3) is 0 Å². The number of nitro groups is 1. The maximum absolute atomic E-state index is 11.4. The monoisotopic (exact) mass is 249 g/mol. The Morgan fingerprint density at radius 2 is 2.22 bits per heavy atom. The van der Waals surface area contributed by atoms with Crippen molar-refractivity contribution in [2.24, 2.45) is 11.1 Å². The number of amides is 1. The van der Waals surface area contributed by atoms with E-state index in [1.165, 1.54) is 6.08 Å². The number of carbonyl (C=O) groups is 1. The number of hydrogen-bond donors (Lipinski definition) is 2. The van der Waals surface area contributed by atoms with E-state index >= 15 is 0 Å². The van der Waals surface area contributed by atoms with Gasteiger partial charge in [-0.25, -0.2) is 0 Å². The number of fused-ring (bicyclic) bond motifs is 1. The summed E-state index contributed by atoms with van der Waals surface area (Å²) in [5.41, 5.74) is 6.19. The van der Waals surface area contributed by atoms with Crippen molar-refractivity contribution in [1.29, 1.82) is 0 Å². The van der Waals surface area contributed by atoms with E-state index in [1.54, 1.807) is 26.0 Å². The number of rotatable bonds is 3. The molecule has 1 atom stereocenters. The van der Waals surface area contributed by atoms with Gasteiger partial charge in [0.1, 0.15) is 0 Å². The van der Waals surface area contributed by atoms with Crippen LogP contribution in [0.3, 0.4) is 0 Å². The molecule has 0 spiro atoms. The standard InChI is InChI=1S/C12H15N3O3/c1-12(2,11(13)16)10-6-7-5-8(15(17)18)3-4-9(7)14-10/h3,5-6,9,14H,4H2,1-2H3,(H2,13,16). The van der Waals surface area contributed by atoms with Gasteiger partial charge in [-0.1, -0.05) is 0 Å². The average Bonchev–Trinajstić information content (AvgIpc) is 2.71. The van der Waals surface area contributed by atoms with Crippen LogP contribution in [0.2, 0.25) is 0 Å². The van der Waals surface area contributed by atoms with Gasteiger partial charge in [-0.05, 0) is 38.0 Å². The maximum atomic E-state index is 11.4. The topological polar surface area (TPSA) is 98.3 Å². The van der Waals surface area contributed by atoms with Gasteiger partial charge in [-0.3, -0.25) is 14.9 Å². The van der Waals surface area contributed by atoms with Crippen molar-refractivity contribution in [2.45, 2.75) is 26.3 Å². The molecule has 0 fully saturated rings. The van der Waals surface area contributed by atoms with E-state index in [-0.39, 0.29) is 11.7 Å². The minimum atomic E-state index is -0.799. The molecule has 3 N–H and O–H groups in total. The Bertz CT molecular complexity index is 515. The predicted molar refractivity (Wildman–Crippen MR) is 65.8 cm³/mol. The third-order valence-corrected chi connectivity index (χ3v) is 3.42. The molecule has 1 amide bonds. The zero-order valence-electron chi connectivity index (χ0n) is 10.3. The highest BCUT2D eigenvalue weighted by Gasteiger charge is 2.36. The lowest BCUT2D eigenvalue weighted by Gasteiger charge is -2.24. The van der Waals surface area contributed by atoms with Crippen LogP contribution in [0.5, 0.6) is 0 Å². The second-order valence-electron chi connectivity index (χ2n) is 5.01. The Hall–Kier alpha value is -2.11. The van der Waals surface area contributed by atoms with Gasteiger partial charge < -0.3 is 11.1 Å². The van der Waals surface area contributed by atoms with Crippen LogP contribution in [-0.2, 0) is 4.79 Å². The Balaban J connectivity index is 2.30. The summed E-state index contributed by atoms with van der Waals surface area (Å²) in [6.45, 7) is 3.46. The summed E-state index contributed by atoms with van der Waals surface area (Å²) in [7, 11) is 0. The molecule has 0 radical (unpaired) electrons. The second kappa shape index (κ2) is 3.97. The van der Waals surface area contributed by atoms with Crippen LogP contribution >= 0.6 is 0 Å². The van der Waals surface area contributed by atoms with Gasteiger partial charge >= 0.3 is 0 Å². The smallest absolute Gasteiger partial charge is 0.265 e. The molecule has 0 aromatic heterocycles. The molecule has 6 heteroatoms. The average molecular weight is 249 g/mol. The fourth-order valence-electron chi connectivity index (χ4n) is 2.01. The second-order valence-corrected chi connectivity index (χ2v) is 5.01. The molecule has 0 saturated heterocycles. The van der Waals surface area contributed by atoms with Gasteiger partial charge in [0.05, 0.1) is 16.4 Å². The molecule has 96 valence electrons. The normalized spacial score (nSPS) is 22.3. The van der Waals surface area contributed by atoms with E-state index in [0.717, 1.165) is 5.57 Å². The van der Waals surface area contributed by atoms with Crippen LogP contribution in [0.15, 0.2) is 35.2 Å². The minimum Gasteiger partial charge on any atom is -0.380 e. The van der Waals surface area contributed by atoms with Crippen molar-refractivity contribution < 1.29 is 9.72 Å². The highest BCUT2D eigenvalue weighted by atomic mass is 16.6. The molecule has 1 aliphatic carbocycles. The van der Waals surface area contributed by atoms with Gasteiger partial charge in [0.2, 0.25) is 5.91 Å². The van der Waals surface area contributed by atoms with Crippen molar-refractivity contribution >= 4 is 5.91 Å². The highest BCUT2D eigenvalue weighted by molar-refractivity contribution is 5.83. The summed E-state index contributed by atoms with van der Waals surface area (Å²) < 4.78 is 0. The molecule has 2 rings (SSSR count). The molecule has 1 aliphatic heterocycles. The van der Waals surface area contributed by atoms with Crippen LogP contribution in [0.4, 0.5) is 0 Å². The van der Waals surface area contributed by atoms with Crippen LogP contribution in [-0.4, -0.2) is 16.9 Å². The third kappa shape index (κ3) is 1.90. The number of allylic oxidation sites excluding steroid dienone is 1. The molecule has 1 unspecified atom stereocenters. The first-order valence-corrected chi connectivity index (χ1v) is 5.67. The van der Waals surface area contributed by atoms with E-state index in [0.29, 0.717) is 12.1 Å². The largest absolute Gasteiger partial charge is 0.380 e. The number of primary amides is 1. The number of nitrogens with one attached hydrogen (secondary N) is 1. The zero-order valence-corrected chi connectivity index (χ0v) is 10.3. The van der Waals surface area contributed by atoms with E-state index in [2.05, 4.69) is 5.32 Å². The SMILES string of the molecule is CC(C)(C(N)=O)C1=CC2=CC([N+](=O)[O-])=CCC2N1. The number of hydrogen-bond acceptors (Lipinski definition) is 4. The molecule has 2 aliphatic rings. The lowest BCUT2D eigenvalue weighted by Crippen LogP contribution is -2.39. The van der Waals surface area contributed by atoms with E-state index in [4.69, 9.17) is 5.73 Å². The fourth-order valence-corrected chi connectivity index (χ4v) is 2.01. The molecule has 18 heavy (non-hydrogen) atoms. The maximum Gasteiger partial charge on any atom is 0.265 e. The van der Waals surface area contributed by atoms with E-state index in [9.17, 15) is 14.9 Å². The Kier molecular flexibility index (Phi) is 2.73. The summed E-state index contributed by atoms with van der Waals surface area (Å²) >= 11 is 0. The minimum absolute atomic E-state index is 0.00215. The van der Waals surface area contributed by atoms with Crippen LogP contribution < -0.4 is 11.1 Å². The molecule has 0 saturated carbocycles. The molecule has 0 aromatic carbocycles. The van der Waals surface area contributed by atoms with Gasteiger partial charge in [-0.15, -0.1) is 0 Å². The summed E-state index contributed by atoms with van der Waals surface area (Å²) in [5, 5.41) is 13.9. The fraction of sp³-hybridized carbons (Fsp3) is 0.417. The first kappa shape index (κ1) is 12.3. The molecular formula is C12H15N3O3. The van der Waals surface area contributed by atoms with Gasteiger partial charge in [0.25, 0.3) is 5.70 Å². The van der Waals surface area contributed by atoms with Gasteiger partial charge in [0.15, 0.2) is 0 Å². The van der Waals surface area contributed by atoms with Crippen molar-refractivity contribution in [2.75, 3.05) is 0 Å². The first-order chi connectivity index (χ1) is 8.32. The quantitative estimate of drug-likeness (QED) is 0.572. The van der Waals surface area contributed by atoms with Crippen molar-refractivity contribution in [3.05, 3.63) is 45.3 Å². The van der Waals surface area contributed by atoms with E-state index < -0.39 is 16.2 Å². The zero-order chi connectivity index (χ0) is 13.5. The van der Waals surface area contributed by atoms with Crippen LogP contribution in [0, 0.1) is 15.5 Å². The Labute approximate surface area is 104 Å². The molecule has 1 heterocycles. The summed E-state index contributed by atoms with van der Waals surface area (Å²) in [6, 6.07) is 0.00215. The van der Waals surface area contributed by atoms with E-state index in [1.807, 2.05) is 0 Å².